The molecular weight excluding hydrogens is 305 g/mol. The maximum absolute atomic E-state index is 13.9. The van der Waals surface area contributed by atoms with Crippen LogP contribution in [0.25, 0.3) is 0 Å². The Labute approximate surface area is 141 Å². The molecule has 0 bridgehead atoms. The SMILES string of the molecule is C[C@H](C(=O)Nc1ccccc1)N1CCN(c2ccccc2F)CC1. The summed E-state index contributed by atoms with van der Waals surface area (Å²) in [4.78, 5) is 16.6. The van der Waals surface area contributed by atoms with Gasteiger partial charge < -0.3 is 10.2 Å². The molecule has 2 aromatic rings. The number of carbonyl (C=O) groups is 1. The molecule has 1 heterocycles. The summed E-state index contributed by atoms with van der Waals surface area (Å²) in [5, 5.41) is 2.94. The van der Waals surface area contributed by atoms with E-state index < -0.39 is 0 Å². The lowest BCUT2D eigenvalue weighted by atomic mass is 10.2. The Bertz CT molecular complexity index is 684. The van der Waals surface area contributed by atoms with Crippen LogP contribution in [-0.2, 0) is 4.79 Å². The third kappa shape index (κ3) is 3.74. The number of para-hydroxylation sites is 2. The van der Waals surface area contributed by atoms with E-state index in [1.807, 2.05) is 48.2 Å². The van der Waals surface area contributed by atoms with Crippen molar-refractivity contribution in [2.45, 2.75) is 13.0 Å². The monoisotopic (exact) mass is 327 g/mol. The number of amides is 1. The molecule has 2 aromatic carbocycles. The molecule has 0 aliphatic carbocycles. The highest BCUT2D eigenvalue weighted by molar-refractivity contribution is 5.94. The molecule has 24 heavy (non-hydrogen) atoms. The average Bonchev–Trinajstić information content (AvgIpc) is 2.62. The molecule has 5 heteroatoms. The summed E-state index contributed by atoms with van der Waals surface area (Å²) in [6.07, 6.45) is 0. The molecule has 1 saturated heterocycles. The summed E-state index contributed by atoms with van der Waals surface area (Å²) >= 11 is 0. The number of hydrogen-bond donors (Lipinski definition) is 1. The zero-order chi connectivity index (χ0) is 16.9. The quantitative estimate of drug-likeness (QED) is 0.938. The van der Waals surface area contributed by atoms with Gasteiger partial charge in [0.2, 0.25) is 5.91 Å². The van der Waals surface area contributed by atoms with Gasteiger partial charge in [-0.1, -0.05) is 30.3 Å². The summed E-state index contributed by atoms with van der Waals surface area (Å²) < 4.78 is 13.9. The van der Waals surface area contributed by atoms with Gasteiger partial charge >= 0.3 is 0 Å². The number of halogens is 1. The Hall–Kier alpha value is -2.40. The van der Waals surface area contributed by atoms with E-state index in [4.69, 9.17) is 0 Å². The fraction of sp³-hybridized carbons (Fsp3) is 0.316. The minimum Gasteiger partial charge on any atom is -0.367 e. The van der Waals surface area contributed by atoms with Crippen molar-refractivity contribution in [3.63, 3.8) is 0 Å². The van der Waals surface area contributed by atoms with Crippen LogP contribution in [0.15, 0.2) is 54.6 Å². The molecule has 0 radical (unpaired) electrons. The fourth-order valence-corrected chi connectivity index (χ4v) is 2.99. The van der Waals surface area contributed by atoms with Crippen LogP contribution in [0, 0.1) is 5.82 Å². The Morgan fingerprint density at radius 1 is 1.00 bits per heavy atom. The van der Waals surface area contributed by atoms with Gasteiger partial charge in [0.05, 0.1) is 11.7 Å². The summed E-state index contributed by atoms with van der Waals surface area (Å²) in [5.41, 5.74) is 1.44. The Morgan fingerprint density at radius 2 is 1.62 bits per heavy atom. The normalized spacial score (nSPS) is 16.7. The number of nitrogens with one attached hydrogen (secondary N) is 1. The summed E-state index contributed by atoms with van der Waals surface area (Å²) in [6.45, 7) is 4.81. The molecule has 1 N–H and O–H groups in total. The average molecular weight is 327 g/mol. The van der Waals surface area contributed by atoms with Crippen molar-refractivity contribution in [3.05, 3.63) is 60.4 Å². The zero-order valence-corrected chi connectivity index (χ0v) is 13.8. The van der Waals surface area contributed by atoms with Crippen LogP contribution in [0.3, 0.4) is 0 Å². The maximum Gasteiger partial charge on any atom is 0.241 e. The first-order valence-electron chi connectivity index (χ1n) is 8.24. The van der Waals surface area contributed by atoms with E-state index in [9.17, 15) is 9.18 Å². The topological polar surface area (TPSA) is 35.6 Å². The number of benzene rings is 2. The maximum atomic E-state index is 13.9. The van der Waals surface area contributed by atoms with Crippen LogP contribution >= 0.6 is 0 Å². The number of rotatable bonds is 4. The van der Waals surface area contributed by atoms with Crippen molar-refractivity contribution >= 4 is 17.3 Å². The number of carbonyl (C=O) groups excluding carboxylic acids is 1. The van der Waals surface area contributed by atoms with Crippen molar-refractivity contribution in [3.8, 4) is 0 Å². The van der Waals surface area contributed by atoms with E-state index >= 15 is 0 Å². The number of anilines is 2. The van der Waals surface area contributed by atoms with Crippen molar-refractivity contribution < 1.29 is 9.18 Å². The van der Waals surface area contributed by atoms with Gasteiger partial charge in [0.1, 0.15) is 5.82 Å². The van der Waals surface area contributed by atoms with E-state index in [0.717, 1.165) is 18.8 Å². The van der Waals surface area contributed by atoms with Crippen LogP contribution in [-0.4, -0.2) is 43.0 Å². The predicted molar refractivity (Wildman–Crippen MR) is 94.7 cm³/mol. The van der Waals surface area contributed by atoms with Crippen molar-refractivity contribution in [2.24, 2.45) is 0 Å². The highest BCUT2D eigenvalue weighted by Crippen LogP contribution is 2.21. The molecule has 4 nitrogen and oxygen atoms in total. The first-order chi connectivity index (χ1) is 11.6. The van der Waals surface area contributed by atoms with Crippen molar-refractivity contribution in [2.75, 3.05) is 36.4 Å². The lowest BCUT2D eigenvalue weighted by Crippen LogP contribution is -2.53. The molecule has 1 aliphatic rings. The minimum absolute atomic E-state index is 0.0134. The minimum atomic E-state index is -0.215. The van der Waals surface area contributed by atoms with Crippen LogP contribution in [0.1, 0.15) is 6.92 Å². The third-order valence-corrected chi connectivity index (χ3v) is 4.48. The molecule has 0 saturated carbocycles. The summed E-state index contributed by atoms with van der Waals surface area (Å²) in [5.74, 6) is -0.207. The Kier molecular flexibility index (Phi) is 5.11. The molecule has 1 atom stereocenters. The third-order valence-electron chi connectivity index (χ3n) is 4.48. The molecular formula is C19H22FN3O. The molecule has 3 rings (SSSR count). The van der Waals surface area contributed by atoms with Gasteiger partial charge in [-0.2, -0.15) is 0 Å². The van der Waals surface area contributed by atoms with E-state index in [-0.39, 0.29) is 17.8 Å². The van der Waals surface area contributed by atoms with E-state index in [2.05, 4.69) is 10.2 Å². The Balaban J connectivity index is 1.56. The largest absolute Gasteiger partial charge is 0.367 e. The van der Waals surface area contributed by atoms with Crippen LogP contribution in [0.2, 0.25) is 0 Å². The van der Waals surface area contributed by atoms with Crippen molar-refractivity contribution in [1.29, 1.82) is 0 Å². The summed E-state index contributed by atoms with van der Waals surface area (Å²) in [7, 11) is 0. The zero-order valence-electron chi connectivity index (χ0n) is 13.8. The lowest BCUT2D eigenvalue weighted by molar-refractivity contribution is -0.120. The van der Waals surface area contributed by atoms with Gasteiger partial charge in [-0.25, -0.2) is 4.39 Å². The molecule has 1 fully saturated rings. The second-order valence-corrected chi connectivity index (χ2v) is 6.01. The molecule has 0 aromatic heterocycles. The first kappa shape index (κ1) is 16.5. The lowest BCUT2D eigenvalue weighted by Gasteiger charge is -2.38. The van der Waals surface area contributed by atoms with Gasteiger partial charge in [-0.15, -0.1) is 0 Å². The highest BCUT2D eigenvalue weighted by atomic mass is 19.1. The van der Waals surface area contributed by atoms with E-state index in [0.29, 0.717) is 18.8 Å². The molecule has 126 valence electrons. The molecule has 1 amide bonds. The predicted octanol–water partition coefficient (Wildman–Crippen LogP) is 2.97. The van der Waals surface area contributed by atoms with Gasteiger partial charge in [0.15, 0.2) is 0 Å². The second kappa shape index (κ2) is 7.45. The number of hydrogen-bond acceptors (Lipinski definition) is 3. The van der Waals surface area contributed by atoms with Gasteiger partial charge in [0.25, 0.3) is 0 Å². The van der Waals surface area contributed by atoms with Gasteiger partial charge in [0, 0.05) is 31.9 Å². The fourth-order valence-electron chi connectivity index (χ4n) is 2.99. The van der Waals surface area contributed by atoms with Crippen LogP contribution < -0.4 is 10.2 Å². The molecule has 0 spiro atoms. The van der Waals surface area contributed by atoms with E-state index in [1.54, 1.807) is 12.1 Å². The number of piperazine rings is 1. The first-order valence-corrected chi connectivity index (χ1v) is 8.24. The smallest absolute Gasteiger partial charge is 0.241 e. The Morgan fingerprint density at radius 3 is 2.29 bits per heavy atom. The van der Waals surface area contributed by atoms with Crippen molar-refractivity contribution in [1.82, 2.24) is 4.90 Å². The summed E-state index contributed by atoms with van der Waals surface area (Å²) in [6, 6.07) is 16.1. The standard InChI is InChI=1S/C19H22FN3O/c1-15(19(24)21-16-7-3-2-4-8-16)22-11-13-23(14-12-22)18-10-6-5-9-17(18)20/h2-10,15H,11-14H2,1H3,(H,21,24)/t15-/m1/s1. The highest BCUT2D eigenvalue weighted by Gasteiger charge is 2.26. The van der Waals surface area contributed by atoms with E-state index in [1.165, 1.54) is 6.07 Å². The van der Waals surface area contributed by atoms with Gasteiger partial charge in [-0.3, -0.25) is 9.69 Å². The van der Waals surface area contributed by atoms with Gasteiger partial charge in [-0.05, 0) is 31.2 Å². The number of nitrogens with zero attached hydrogens (tertiary/aromatic N) is 2. The van der Waals surface area contributed by atoms with Crippen LogP contribution in [0.4, 0.5) is 15.8 Å². The second-order valence-electron chi connectivity index (χ2n) is 6.01. The molecule has 1 aliphatic heterocycles. The van der Waals surface area contributed by atoms with Crippen LogP contribution in [0.5, 0.6) is 0 Å². The molecule has 0 unspecified atom stereocenters.